The Balaban J connectivity index is 1.46. The lowest BCUT2D eigenvalue weighted by atomic mass is 9.99. The first kappa shape index (κ1) is 23.4. The Morgan fingerprint density at radius 3 is 2.81 bits per heavy atom. The number of carboxylic acid groups (broad SMARTS) is 1. The van der Waals surface area contributed by atoms with Crippen LogP contribution in [0, 0.1) is 12.7 Å². The van der Waals surface area contributed by atoms with Gasteiger partial charge in [-0.2, -0.15) is 5.10 Å². The van der Waals surface area contributed by atoms with Crippen molar-refractivity contribution < 1.29 is 28.9 Å². The summed E-state index contributed by atoms with van der Waals surface area (Å²) in [4.78, 5) is 46.9. The van der Waals surface area contributed by atoms with Crippen LogP contribution in [0.1, 0.15) is 34.1 Å². The summed E-state index contributed by atoms with van der Waals surface area (Å²) in [6.45, 7) is 1.93. The van der Waals surface area contributed by atoms with Gasteiger partial charge < -0.3 is 25.2 Å². The van der Waals surface area contributed by atoms with Crippen LogP contribution in [0.2, 0.25) is 0 Å². The SMILES string of the molecule is Cc1ncnn1-c1cc(F)ccc1CNC(=O)c1nc2n(c(=O)c1O)CCOC21CCN(C(=O)O)C1. The molecule has 0 saturated carbocycles. The van der Waals surface area contributed by atoms with Gasteiger partial charge in [0, 0.05) is 19.5 Å². The number of rotatable bonds is 4. The highest BCUT2D eigenvalue weighted by Gasteiger charge is 2.48. The predicted octanol–water partition coefficient (Wildman–Crippen LogP) is 0.516. The molecule has 36 heavy (non-hydrogen) atoms. The number of amides is 2. The molecule has 1 saturated heterocycles. The van der Waals surface area contributed by atoms with Gasteiger partial charge in [-0.15, -0.1) is 0 Å². The van der Waals surface area contributed by atoms with Gasteiger partial charge in [-0.25, -0.2) is 23.8 Å². The normalized spacial score (nSPS) is 18.9. The van der Waals surface area contributed by atoms with E-state index in [9.17, 15) is 29.0 Å². The van der Waals surface area contributed by atoms with Crippen LogP contribution in [-0.4, -0.2) is 71.1 Å². The molecule has 3 N–H and O–H groups in total. The van der Waals surface area contributed by atoms with Crippen molar-refractivity contribution >= 4 is 12.0 Å². The Hall–Kier alpha value is -4.33. The van der Waals surface area contributed by atoms with Gasteiger partial charge >= 0.3 is 6.09 Å². The van der Waals surface area contributed by atoms with Crippen molar-refractivity contribution in [2.24, 2.45) is 0 Å². The second kappa shape index (κ2) is 8.71. The van der Waals surface area contributed by atoms with E-state index in [1.807, 2.05) is 0 Å². The molecule has 0 aliphatic carbocycles. The van der Waals surface area contributed by atoms with Crippen LogP contribution in [0.3, 0.4) is 0 Å². The quantitative estimate of drug-likeness (QED) is 0.464. The smallest absolute Gasteiger partial charge is 0.407 e. The molecule has 1 aromatic carbocycles. The van der Waals surface area contributed by atoms with Crippen molar-refractivity contribution in [3.8, 4) is 11.4 Å². The Morgan fingerprint density at radius 1 is 1.31 bits per heavy atom. The largest absolute Gasteiger partial charge is 0.501 e. The van der Waals surface area contributed by atoms with Crippen molar-refractivity contribution in [2.45, 2.75) is 32.0 Å². The highest BCUT2D eigenvalue weighted by molar-refractivity contribution is 5.94. The van der Waals surface area contributed by atoms with Gasteiger partial charge in [0.1, 0.15) is 29.4 Å². The molecule has 2 aliphatic heterocycles. The molecule has 1 unspecified atom stereocenters. The Kier molecular flexibility index (Phi) is 5.67. The fourth-order valence-electron chi connectivity index (χ4n) is 4.58. The van der Waals surface area contributed by atoms with E-state index in [4.69, 9.17) is 4.74 Å². The number of halogens is 1. The molecule has 14 heteroatoms. The van der Waals surface area contributed by atoms with Gasteiger partial charge in [-0.3, -0.25) is 14.2 Å². The van der Waals surface area contributed by atoms with E-state index in [1.54, 1.807) is 6.92 Å². The topological polar surface area (TPSA) is 165 Å². The predicted molar refractivity (Wildman–Crippen MR) is 119 cm³/mol. The minimum absolute atomic E-state index is 0.0587. The number of hydrogen-bond acceptors (Lipinski definition) is 8. The summed E-state index contributed by atoms with van der Waals surface area (Å²) in [5.41, 5.74) is -1.67. The van der Waals surface area contributed by atoms with Gasteiger partial charge in [0.2, 0.25) is 5.75 Å². The second-order valence-electron chi connectivity index (χ2n) is 8.56. The molecular formula is C22H22FN7O6. The van der Waals surface area contributed by atoms with Crippen LogP contribution in [0.15, 0.2) is 29.3 Å². The van der Waals surface area contributed by atoms with Crippen molar-refractivity contribution in [3.05, 3.63) is 63.6 Å². The van der Waals surface area contributed by atoms with Gasteiger partial charge in [-0.05, 0) is 24.6 Å². The number of fused-ring (bicyclic) bond motifs is 2. The molecule has 13 nitrogen and oxygen atoms in total. The maximum absolute atomic E-state index is 13.9. The van der Waals surface area contributed by atoms with Crippen LogP contribution in [0.4, 0.5) is 9.18 Å². The number of carbonyl (C=O) groups is 2. The number of hydrogen-bond donors (Lipinski definition) is 3. The van der Waals surface area contributed by atoms with E-state index < -0.39 is 40.4 Å². The summed E-state index contributed by atoms with van der Waals surface area (Å²) in [5.74, 6) is -1.58. The molecule has 1 spiro atoms. The van der Waals surface area contributed by atoms with E-state index in [1.165, 1.54) is 33.8 Å². The lowest BCUT2D eigenvalue weighted by Crippen LogP contribution is -2.47. The third kappa shape index (κ3) is 3.84. The minimum atomic E-state index is -1.20. The van der Waals surface area contributed by atoms with Crippen LogP contribution >= 0.6 is 0 Å². The average molecular weight is 499 g/mol. The molecule has 1 atom stereocenters. The Morgan fingerprint density at radius 2 is 2.11 bits per heavy atom. The van der Waals surface area contributed by atoms with Crippen molar-refractivity contribution in [1.82, 2.24) is 34.5 Å². The summed E-state index contributed by atoms with van der Waals surface area (Å²) in [7, 11) is 0. The van der Waals surface area contributed by atoms with Crippen molar-refractivity contribution in [1.29, 1.82) is 0 Å². The summed E-state index contributed by atoms with van der Waals surface area (Å²) in [5, 5.41) is 26.5. The molecule has 0 bridgehead atoms. The number of nitrogens with one attached hydrogen (secondary N) is 1. The number of carbonyl (C=O) groups excluding carboxylic acids is 1. The first-order valence-electron chi connectivity index (χ1n) is 11.1. The number of benzene rings is 1. The maximum atomic E-state index is 13.9. The molecule has 0 radical (unpaired) electrons. The molecule has 2 amide bonds. The summed E-state index contributed by atoms with van der Waals surface area (Å²) >= 11 is 0. The number of aryl methyl sites for hydroxylation is 1. The van der Waals surface area contributed by atoms with Crippen LogP contribution in [-0.2, 0) is 23.4 Å². The second-order valence-corrected chi connectivity index (χ2v) is 8.56. The zero-order chi connectivity index (χ0) is 25.6. The van der Waals surface area contributed by atoms with E-state index >= 15 is 0 Å². The molecular weight excluding hydrogens is 477 g/mol. The monoisotopic (exact) mass is 499 g/mol. The fraction of sp³-hybridized carbons (Fsp3) is 0.364. The first-order valence-corrected chi connectivity index (χ1v) is 11.1. The Labute approximate surface area is 202 Å². The minimum Gasteiger partial charge on any atom is -0.501 e. The van der Waals surface area contributed by atoms with E-state index in [0.29, 0.717) is 17.1 Å². The number of aromatic nitrogens is 5. The number of likely N-dealkylation sites (tertiary alicyclic amines) is 1. The van der Waals surface area contributed by atoms with Crippen molar-refractivity contribution in [3.63, 3.8) is 0 Å². The number of aromatic hydroxyl groups is 1. The van der Waals surface area contributed by atoms with E-state index in [2.05, 4.69) is 20.4 Å². The third-order valence-electron chi connectivity index (χ3n) is 6.40. The van der Waals surface area contributed by atoms with E-state index in [-0.39, 0.29) is 45.0 Å². The highest BCUT2D eigenvalue weighted by Crippen LogP contribution is 2.37. The summed E-state index contributed by atoms with van der Waals surface area (Å²) < 4.78 is 22.4. The van der Waals surface area contributed by atoms with E-state index in [0.717, 1.165) is 4.90 Å². The lowest BCUT2D eigenvalue weighted by molar-refractivity contribution is -0.0743. The summed E-state index contributed by atoms with van der Waals surface area (Å²) in [6.07, 6.45) is 0.426. The molecule has 3 aromatic rings. The molecule has 1 fully saturated rings. The third-order valence-corrected chi connectivity index (χ3v) is 6.40. The number of ether oxygens (including phenoxy) is 1. The average Bonchev–Trinajstić information content (AvgIpc) is 3.47. The molecule has 2 aliphatic rings. The fourth-order valence-corrected chi connectivity index (χ4v) is 4.58. The first-order chi connectivity index (χ1) is 17.2. The van der Waals surface area contributed by atoms with Gasteiger partial charge in [0.25, 0.3) is 11.5 Å². The zero-order valence-electron chi connectivity index (χ0n) is 19.1. The lowest BCUT2D eigenvalue weighted by Gasteiger charge is -2.35. The van der Waals surface area contributed by atoms with Gasteiger partial charge in [-0.1, -0.05) is 6.07 Å². The van der Waals surface area contributed by atoms with Crippen LogP contribution in [0.25, 0.3) is 5.69 Å². The van der Waals surface area contributed by atoms with Gasteiger partial charge in [0.15, 0.2) is 5.69 Å². The molecule has 2 aromatic heterocycles. The maximum Gasteiger partial charge on any atom is 0.407 e. The van der Waals surface area contributed by atoms with Crippen molar-refractivity contribution in [2.75, 3.05) is 19.7 Å². The molecule has 5 rings (SSSR count). The van der Waals surface area contributed by atoms with Crippen LogP contribution < -0.4 is 10.9 Å². The molecule has 4 heterocycles. The summed E-state index contributed by atoms with van der Waals surface area (Å²) in [6, 6.07) is 3.95. The number of nitrogens with zero attached hydrogens (tertiary/aromatic N) is 6. The highest BCUT2D eigenvalue weighted by atomic mass is 19.1. The molecule has 188 valence electrons. The Bertz CT molecular complexity index is 1440. The standard InChI is InChI=1S/C22H22FN7O6/c1-12-25-11-26-30(12)15-8-14(23)3-2-13(15)9-24-18(32)16-17(31)19(33)29-6-7-36-22(20(29)27-16)4-5-28(10-22)21(34)35/h2-3,8,11,31H,4-7,9-10H2,1H3,(H,24,32)(H,34,35). The zero-order valence-corrected chi connectivity index (χ0v) is 19.1. The van der Waals surface area contributed by atoms with Crippen LogP contribution in [0.5, 0.6) is 5.75 Å². The van der Waals surface area contributed by atoms with Gasteiger partial charge in [0.05, 0.1) is 25.4 Å².